The third-order valence-electron chi connectivity index (χ3n) is 4.37. The monoisotopic (exact) mass is 306 g/mol. The first-order chi connectivity index (χ1) is 10.4. The molecule has 0 bridgehead atoms. The summed E-state index contributed by atoms with van der Waals surface area (Å²) in [6, 6.07) is 1.97. The molecule has 0 aromatic carbocycles. The third kappa shape index (κ3) is 4.19. The summed E-state index contributed by atoms with van der Waals surface area (Å²) < 4.78 is 5.30. The third-order valence-corrected chi connectivity index (χ3v) is 4.37. The summed E-state index contributed by atoms with van der Waals surface area (Å²) in [5.74, 6) is 0.431. The lowest BCUT2D eigenvalue weighted by Crippen LogP contribution is -2.38. The second kappa shape index (κ2) is 7.09. The van der Waals surface area contributed by atoms with Crippen LogP contribution in [-0.4, -0.2) is 28.7 Å². The van der Waals surface area contributed by atoms with E-state index in [4.69, 9.17) is 4.74 Å². The molecule has 1 aromatic heterocycles. The standard InChI is InChI=1S/C17H26N2O3/c1-12-9-13(2)19-16(22-3)14(12)11-18-15(20)10-17(21)7-5-4-6-8-17/h9,21H,4-8,10-11H2,1-3H3,(H,18,20). The quantitative estimate of drug-likeness (QED) is 0.876. The van der Waals surface area contributed by atoms with Gasteiger partial charge in [-0.15, -0.1) is 0 Å². The predicted molar refractivity (Wildman–Crippen MR) is 84.8 cm³/mol. The van der Waals surface area contributed by atoms with Crippen LogP contribution in [0.2, 0.25) is 0 Å². The van der Waals surface area contributed by atoms with Crippen molar-refractivity contribution in [2.45, 2.75) is 64.5 Å². The van der Waals surface area contributed by atoms with Gasteiger partial charge in [0.2, 0.25) is 11.8 Å². The zero-order valence-corrected chi connectivity index (χ0v) is 13.7. The predicted octanol–water partition coefficient (Wildman–Crippen LogP) is 2.41. The zero-order valence-electron chi connectivity index (χ0n) is 13.7. The van der Waals surface area contributed by atoms with Crippen molar-refractivity contribution in [3.8, 4) is 5.88 Å². The van der Waals surface area contributed by atoms with Gasteiger partial charge in [0.05, 0.1) is 19.1 Å². The summed E-state index contributed by atoms with van der Waals surface area (Å²) >= 11 is 0. The summed E-state index contributed by atoms with van der Waals surface area (Å²) in [6.45, 7) is 4.26. The SMILES string of the molecule is COc1nc(C)cc(C)c1CNC(=O)CC1(O)CCCCC1. The molecule has 2 N–H and O–H groups in total. The van der Waals surface area contributed by atoms with Crippen LogP contribution in [0.5, 0.6) is 5.88 Å². The lowest BCUT2D eigenvalue weighted by atomic mass is 9.82. The Balaban J connectivity index is 1.96. The van der Waals surface area contributed by atoms with E-state index in [1.807, 2.05) is 19.9 Å². The molecule has 0 spiro atoms. The Morgan fingerprint density at radius 2 is 2.05 bits per heavy atom. The molecule has 2 rings (SSSR count). The highest BCUT2D eigenvalue weighted by Gasteiger charge is 2.31. The molecule has 1 fully saturated rings. The summed E-state index contributed by atoms with van der Waals surface area (Å²) in [7, 11) is 1.58. The summed E-state index contributed by atoms with van der Waals surface area (Å²) in [6.07, 6.45) is 4.75. The fraction of sp³-hybridized carbons (Fsp3) is 0.647. The van der Waals surface area contributed by atoms with Crippen LogP contribution in [0.1, 0.15) is 55.3 Å². The molecule has 5 heteroatoms. The average Bonchev–Trinajstić information content (AvgIpc) is 2.45. The number of ether oxygens (including phenoxy) is 1. The van der Waals surface area contributed by atoms with Crippen LogP contribution in [0.25, 0.3) is 0 Å². The van der Waals surface area contributed by atoms with Crippen molar-refractivity contribution < 1.29 is 14.6 Å². The first-order valence-electron chi connectivity index (χ1n) is 7.94. The molecule has 0 atom stereocenters. The molecule has 0 radical (unpaired) electrons. The van der Waals surface area contributed by atoms with Gasteiger partial charge in [-0.3, -0.25) is 4.79 Å². The lowest BCUT2D eigenvalue weighted by Gasteiger charge is -2.31. The van der Waals surface area contributed by atoms with Gasteiger partial charge in [-0.25, -0.2) is 4.98 Å². The van der Waals surface area contributed by atoms with E-state index in [1.165, 1.54) is 0 Å². The smallest absolute Gasteiger partial charge is 0.223 e. The van der Waals surface area contributed by atoms with E-state index in [-0.39, 0.29) is 12.3 Å². The van der Waals surface area contributed by atoms with Crippen molar-refractivity contribution in [3.63, 3.8) is 0 Å². The van der Waals surface area contributed by atoms with Crippen LogP contribution in [0.3, 0.4) is 0 Å². The summed E-state index contributed by atoms with van der Waals surface area (Å²) in [4.78, 5) is 16.5. The average molecular weight is 306 g/mol. The number of hydrogen-bond donors (Lipinski definition) is 2. The number of nitrogens with zero attached hydrogens (tertiary/aromatic N) is 1. The number of aryl methyl sites for hydroxylation is 2. The molecule has 0 unspecified atom stereocenters. The van der Waals surface area contributed by atoms with Gasteiger partial charge in [-0.05, 0) is 38.3 Å². The molecule has 1 saturated carbocycles. The lowest BCUT2D eigenvalue weighted by molar-refractivity contribution is -0.127. The van der Waals surface area contributed by atoms with Gasteiger partial charge in [0.15, 0.2) is 0 Å². The van der Waals surface area contributed by atoms with Crippen molar-refractivity contribution >= 4 is 5.91 Å². The molecule has 1 aliphatic rings. The van der Waals surface area contributed by atoms with Crippen LogP contribution in [0.4, 0.5) is 0 Å². The van der Waals surface area contributed by atoms with Crippen LogP contribution in [0.15, 0.2) is 6.07 Å². The number of amides is 1. The normalized spacial score (nSPS) is 17.1. The van der Waals surface area contributed by atoms with Crippen molar-refractivity contribution in [3.05, 3.63) is 22.9 Å². The van der Waals surface area contributed by atoms with E-state index >= 15 is 0 Å². The molecule has 5 nitrogen and oxygen atoms in total. The van der Waals surface area contributed by atoms with Gasteiger partial charge in [-0.2, -0.15) is 0 Å². The number of nitrogens with one attached hydrogen (secondary N) is 1. The number of hydrogen-bond acceptors (Lipinski definition) is 4. The Morgan fingerprint density at radius 1 is 1.36 bits per heavy atom. The molecule has 1 aliphatic carbocycles. The maximum Gasteiger partial charge on any atom is 0.223 e. The van der Waals surface area contributed by atoms with Crippen molar-refractivity contribution in [2.24, 2.45) is 0 Å². The highest BCUT2D eigenvalue weighted by atomic mass is 16.5. The topological polar surface area (TPSA) is 71.5 Å². The molecule has 1 aromatic rings. The van der Waals surface area contributed by atoms with E-state index in [0.29, 0.717) is 12.4 Å². The minimum absolute atomic E-state index is 0.119. The first-order valence-corrected chi connectivity index (χ1v) is 7.94. The maximum absolute atomic E-state index is 12.1. The Labute approximate surface area is 132 Å². The molecule has 1 amide bonds. The van der Waals surface area contributed by atoms with E-state index in [0.717, 1.165) is 48.9 Å². The molecular formula is C17H26N2O3. The van der Waals surface area contributed by atoms with E-state index in [2.05, 4.69) is 10.3 Å². The van der Waals surface area contributed by atoms with Gasteiger partial charge >= 0.3 is 0 Å². The molecule has 0 aliphatic heterocycles. The van der Waals surface area contributed by atoms with Crippen LogP contribution in [-0.2, 0) is 11.3 Å². The number of pyridine rings is 1. The highest BCUT2D eigenvalue weighted by molar-refractivity contribution is 5.77. The minimum Gasteiger partial charge on any atom is -0.481 e. The molecule has 22 heavy (non-hydrogen) atoms. The van der Waals surface area contributed by atoms with Gasteiger partial charge in [0.1, 0.15) is 0 Å². The van der Waals surface area contributed by atoms with Gasteiger partial charge < -0.3 is 15.2 Å². The Hall–Kier alpha value is -1.62. The fourth-order valence-corrected chi connectivity index (χ4v) is 3.15. The number of rotatable bonds is 5. The number of carbonyl (C=O) groups excluding carboxylic acids is 1. The van der Waals surface area contributed by atoms with E-state index < -0.39 is 5.60 Å². The molecule has 0 saturated heterocycles. The maximum atomic E-state index is 12.1. The van der Waals surface area contributed by atoms with Gasteiger partial charge in [0.25, 0.3) is 0 Å². The van der Waals surface area contributed by atoms with Crippen LogP contribution >= 0.6 is 0 Å². The summed E-state index contributed by atoms with van der Waals surface area (Å²) in [5.41, 5.74) is 1.99. The minimum atomic E-state index is -0.826. The van der Waals surface area contributed by atoms with E-state index in [1.54, 1.807) is 7.11 Å². The largest absolute Gasteiger partial charge is 0.481 e. The van der Waals surface area contributed by atoms with Crippen molar-refractivity contribution in [1.82, 2.24) is 10.3 Å². The second-order valence-corrected chi connectivity index (χ2v) is 6.31. The number of methoxy groups -OCH3 is 1. The number of carbonyl (C=O) groups is 1. The molecular weight excluding hydrogens is 280 g/mol. The Kier molecular flexibility index (Phi) is 5.40. The Morgan fingerprint density at radius 3 is 2.68 bits per heavy atom. The van der Waals surface area contributed by atoms with E-state index in [9.17, 15) is 9.90 Å². The fourth-order valence-electron chi connectivity index (χ4n) is 3.15. The highest BCUT2D eigenvalue weighted by Crippen LogP contribution is 2.30. The Bertz CT molecular complexity index is 537. The van der Waals surface area contributed by atoms with Crippen LogP contribution in [0, 0.1) is 13.8 Å². The van der Waals surface area contributed by atoms with Crippen molar-refractivity contribution in [1.29, 1.82) is 0 Å². The second-order valence-electron chi connectivity index (χ2n) is 6.31. The van der Waals surface area contributed by atoms with Crippen LogP contribution < -0.4 is 10.1 Å². The van der Waals surface area contributed by atoms with Gasteiger partial charge in [0, 0.05) is 17.8 Å². The first kappa shape index (κ1) is 16.7. The summed E-state index contributed by atoms with van der Waals surface area (Å²) in [5, 5.41) is 13.3. The number of aliphatic hydroxyl groups is 1. The molecule has 122 valence electrons. The number of aromatic nitrogens is 1. The van der Waals surface area contributed by atoms with Gasteiger partial charge in [-0.1, -0.05) is 19.3 Å². The van der Waals surface area contributed by atoms with Crippen molar-refractivity contribution in [2.75, 3.05) is 7.11 Å². The zero-order chi connectivity index (χ0) is 16.2. The molecule has 1 heterocycles.